The molecule has 0 saturated heterocycles. The van der Waals surface area contributed by atoms with Crippen molar-refractivity contribution in [2.24, 2.45) is 0 Å². The van der Waals surface area contributed by atoms with Gasteiger partial charge in [0.25, 0.3) is 5.56 Å². The highest BCUT2D eigenvalue weighted by molar-refractivity contribution is 5.96. The molecular weight excluding hydrogens is 440 g/mol. The maximum absolute atomic E-state index is 14.0. The van der Waals surface area contributed by atoms with Crippen LogP contribution < -0.4 is 16.2 Å². The van der Waals surface area contributed by atoms with E-state index in [-0.39, 0.29) is 17.5 Å². The highest BCUT2D eigenvalue weighted by Gasteiger charge is 2.25. The topological polar surface area (TPSA) is 93.1 Å². The molecule has 3 aromatic carbocycles. The van der Waals surface area contributed by atoms with Gasteiger partial charge in [0.15, 0.2) is 0 Å². The first-order valence-electron chi connectivity index (χ1n) is 11.7. The van der Waals surface area contributed by atoms with E-state index in [2.05, 4.69) is 15.6 Å². The van der Waals surface area contributed by atoms with Gasteiger partial charge < -0.3 is 10.6 Å². The van der Waals surface area contributed by atoms with E-state index in [0.29, 0.717) is 40.8 Å². The van der Waals surface area contributed by atoms with Crippen molar-refractivity contribution in [3.05, 3.63) is 88.7 Å². The molecule has 0 aliphatic rings. The van der Waals surface area contributed by atoms with E-state index < -0.39 is 11.6 Å². The SMILES string of the molecule is CCC(=O)Nc1ccc(C)cc1-c1nc2ccccc2n([C@H](CC)C(=O)Nc2ccccc2)c1=O. The van der Waals surface area contributed by atoms with E-state index in [1.807, 2.05) is 62.4 Å². The van der Waals surface area contributed by atoms with E-state index >= 15 is 0 Å². The Morgan fingerprint density at radius 1 is 0.943 bits per heavy atom. The molecule has 0 aliphatic carbocycles. The standard InChI is InChI=1S/C28H28N4O3/c1-4-23(27(34)29-19-11-7-6-8-12-19)32-24-14-10-9-13-22(24)31-26(28(32)35)20-17-18(3)15-16-21(20)30-25(33)5-2/h6-17,23H,4-5H2,1-3H3,(H,29,34)(H,30,33)/t23-/m1/s1. The van der Waals surface area contributed by atoms with Crippen LogP contribution in [0.25, 0.3) is 22.3 Å². The molecule has 4 rings (SSSR count). The highest BCUT2D eigenvalue weighted by Crippen LogP contribution is 2.29. The van der Waals surface area contributed by atoms with Crippen LogP contribution >= 0.6 is 0 Å². The largest absolute Gasteiger partial charge is 0.325 e. The molecule has 7 heteroatoms. The summed E-state index contributed by atoms with van der Waals surface area (Å²) < 4.78 is 1.52. The molecule has 1 aromatic heterocycles. The number of carbonyl (C=O) groups excluding carboxylic acids is 2. The van der Waals surface area contributed by atoms with Crippen LogP contribution in [0.5, 0.6) is 0 Å². The third-order valence-corrected chi connectivity index (χ3v) is 5.86. The minimum atomic E-state index is -0.757. The van der Waals surface area contributed by atoms with Gasteiger partial charge in [0.2, 0.25) is 11.8 Å². The molecule has 4 aromatic rings. The van der Waals surface area contributed by atoms with Crippen molar-refractivity contribution in [2.75, 3.05) is 10.6 Å². The number of rotatable bonds is 7. The number of benzene rings is 3. The minimum Gasteiger partial charge on any atom is -0.325 e. The number of hydrogen-bond donors (Lipinski definition) is 2. The Kier molecular flexibility index (Phi) is 7.06. The molecule has 0 fully saturated rings. The van der Waals surface area contributed by atoms with Gasteiger partial charge in [-0.2, -0.15) is 0 Å². The summed E-state index contributed by atoms with van der Waals surface area (Å²) in [6.07, 6.45) is 0.708. The fourth-order valence-electron chi connectivity index (χ4n) is 4.07. The molecule has 2 N–H and O–H groups in total. The molecule has 0 spiro atoms. The van der Waals surface area contributed by atoms with Crippen molar-refractivity contribution in [1.29, 1.82) is 0 Å². The third-order valence-electron chi connectivity index (χ3n) is 5.86. The Hall–Kier alpha value is -4.26. The Morgan fingerprint density at radius 3 is 2.37 bits per heavy atom. The average Bonchev–Trinajstić information content (AvgIpc) is 2.87. The van der Waals surface area contributed by atoms with Crippen LogP contribution in [0.2, 0.25) is 0 Å². The van der Waals surface area contributed by atoms with Gasteiger partial charge >= 0.3 is 0 Å². The molecule has 7 nitrogen and oxygen atoms in total. The number of para-hydroxylation sites is 3. The quantitative estimate of drug-likeness (QED) is 0.384. The van der Waals surface area contributed by atoms with E-state index in [4.69, 9.17) is 0 Å². The van der Waals surface area contributed by atoms with Crippen LogP contribution in [0.15, 0.2) is 77.6 Å². The van der Waals surface area contributed by atoms with Crippen LogP contribution in [-0.2, 0) is 9.59 Å². The molecule has 2 amide bonds. The van der Waals surface area contributed by atoms with Gasteiger partial charge in [0, 0.05) is 17.7 Å². The smallest absolute Gasteiger partial charge is 0.278 e. The molecule has 1 heterocycles. The second-order valence-corrected chi connectivity index (χ2v) is 8.35. The lowest BCUT2D eigenvalue weighted by Crippen LogP contribution is -2.34. The highest BCUT2D eigenvalue weighted by atomic mass is 16.2. The monoisotopic (exact) mass is 468 g/mol. The fourth-order valence-corrected chi connectivity index (χ4v) is 4.07. The number of anilines is 2. The molecule has 0 radical (unpaired) electrons. The van der Waals surface area contributed by atoms with Crippen LogP contribution in [-0.4, -0.2) is 21.4 Å². The number of hydrogen-bond acceptors (Lipinski definition) is 4. The zero-order valence-corrected chi connectivity index (χ0v) is 20.0. The summed E-state index contributed by atoms with van der Waals surface area (Å²) >= 11 is 0. The Bertz CT molecular complexity index is 1440. The molecule has 178 valence electrons. The zero-order chi connectivity index (χ0) is 24.9. The number of nitrogens with one attached hydrogen (secondary N) is 2. The van der Waals surface area contributed by atoms with Gasteiger partial charge in [0.05, 0.1) is 16.7 Å². The van der Waals surface area contributed by atoms with Gasteiger partial charge in [-0.05, 0) is 49.7 Å². The summed E-state index contributed by atoms with van der Waals surface area (Å²) in [7, 11) is 0. The van der Waals surface area contributed by atoms with Gasteiger partial charge in [-0.25, -0.2) is 4.98 Å². The van der Waals surface area contributed by atoms with Crippen LogP contribution in [0, 0.1) is 6.92 Å². The average molecular weight is 469 g/mol. The van der Waals surface area contributed by atoms with E-state index in [1.165, 1.54) is 4.57 Å². The maximum Gasteiger partial charge on any atom is 0.278 e. The summed E-state index contributed by atoms with van der Waals surface area (Å²) in [6.45, 7) is 5.55. The first kappa shape index (κ1) is 23.9. The fraction of sp³-hybridized carbons (Fsp3) is 0.214. The van der Waals surface area contributed by atoms with E-state index in [1.54, 1.807) is 31.2 Å². The normalized spacial score (nSPS) is 11.7. The lowest BCUT2D eigenvalue weighted by molar-refractivity contribution is -0.119. The number of fused-ring (bicyclic) bond motifs is 1. The van der Waals surface area contributed by atoms with Gasteiger partial charge in [-0.1, -0.05) is 55.8 Å². The first-order chi connectivity index (χ1) is 16.9. The van der Waals surface area contributed by atoms with Gasteiger partial charge in [-0.15, -0.1) is 0 Å². The number of amides is 2. The van der Waals surface area contributed by atoms with Crippen molar-refractivity contribution in [3.8, 4) is 11.3 Å². The summed E-state index contributed by atoms with van der Waals surface area (Å²) in [6, 6.07) is 21.2. The number of nitrogens with zero attached hydrogens (tertiary/aromatic N) is 2. The Labute approximate surface area is 203 Å². The van der Waals surface area contributed by atoms with E-state index in [9.17, 15) is 14.4 Å². The number of aryl methyl sites for hydroxylation is 1. The predicted molar refractivity (Wildman–Crippen MR) is 139 cm³/mol. The van der Waals surface area contributed by atoms with Crippen molar-refractivity contribution in [1.82, 2.24) is 9.55 Å². The van der Waals surface area contributed by atoms with Gasteiger partial charge in [0.1, 0.15) is 11.7 Å². The summed E-state index contributed by atoms with van der Waals surface area (Å²) in [5.41, 5.74) is 3.56. The first-order valence-corrected chi connectivity index (χ1v) is 11.7. The van der Waals surface area contributed by atoms with Crippen LogP contribution in [0.1, 0.15) is 38.3 Å². The molecule has 35 heavy (non-hydrogen) atoms. The van der Waals surface area contributed by atoms with Gasteiger partial charge in [-0.3, -0.25) is 19.0 Å². The van der Waals surface area contributed by atoms with Crippen molar-refractivity contribution >= 4 is 34.2 Å². The minimum absolute atomic E-state index is 0.162. The van der Waals surface area contributed by atoms with Crippen molar-refractivity contribution in [3.63, 3.8) is 0 Å². The molecule has 0 saturated carbocycles. The Morgan fingerprint density at radius 2 is 1.66 bits per heavy atom. The summed E-state index contributed by atoms with van der Waals surface area (Å²) in [5, 5.41) is 5.79. The lowest BCUT2D eigenvalue weighted by atomic mass is 10.0. The lowest BCUT2D eigenvalue weighted by Gasteiger charge is -2.21. The second-order valence-electron chi connectivity index (χ2n) is 8.35. The molecular formula is C28H28N4O3. The maximum atomic E-state index is 14.0. The molecule has 1 atom stereocenters. The second kappa shape index (κ2) is 10.3. The predicted octanol–water partition coefficient (Wildman–Crippen LogP) is 5.31. The van der Waals surface area contributed by atoms with E-state index in [0.717, 1.165) is 5.56 Å². The number of aromatic nitrogens is 2. The van der Waals surface area contributed by atoms with Crippen molar-refractivity contribution < 1.29 is 9.59 Å². The molecule has 0 bridgehead atoms. The zero-order valence-electron chi connectivity index (χ0n) is 20.0. The summed E-state index contributed by atoms with van der Waals surface area (Å²) in [4.78, 5) is 44.2. The molecule has 0 aliphatic heterocycles. The van der Waals surface area contributed by atoms with Crippen LogP contribution in [0.4, 0.5) is 11.4 Å². The van der Waals surface area contributed by atoms with Crippen LogP contribution in [0.3, 0.4) is 0 Å². The Balaban J connectivity index is 1.91. The number of carbonyl (C=O) groups is 2. The third kappa shape index (κ3) is 4.99. The molecule has 0 unspecified atom stereocenters. The summed E-state index contributed by atoms with van der Waals surface area (Å²) in [5.74, 6) is -0.447. The van der Waals surface area contributed by atoms with Crippen molar-refractivity contribution in [2.45, 2.75) is 39.7 Å².